The first-order valence-electron chi connectivity index (χ1n) is 4.47. The average Bonchev–Trinajstić information content (AvgIpc) is 2.29. The summed E-state index contributed by atoms with van der Waals surface area (Å²) >= 11 is 0. The van der Waals surface area contributed by atoms with Gasteiger partial charge in [-0.05, 0) is 6.07 Å². The average molecular weight is 243 g/mol. The van der Waals surface area contributed by atoms with Crippen LogP contribution in [0.2, 0.25) is 0 Å². The predicted octanol–water partition coefficient (Wildman–Crippen LogP) is 1.51. The van der Waals surface area contributed by atoms with E-state index in [0.717, 1.165) is 7.11 Å². The van der Waals surface area contributed by atoms with Crippen molar-refractivity contribution in [3.05, 3.63) is 29.8 Å². The second-order valence-corrected chi connectivity index (χ2v) is 2.65. The van der Waals surface area contributed by atoms with Crippen LogP contribution in [0.3, 0.4) is 0 Å². The van der Waals surface area contributed by atoms with Crippen molar-refractivity contribution in [3.63, 3.8) is 0 Å². The van der Waals surface area contributed by atoms with E-state index in [0.29, 0.717) is 11.3 Å². The molecule has 0 fully saturated rings. The molecule has 0 radical (unpaired) electrons. The highest BCUT2D eigenvalue weighted by molar-refractivity contribution is 5.62. The summed E-state index contributed by atoms with van der Waals surface area (Å²) in [4.78, 5) is 19.3. The molecule has 7 nitrogen and oxygen atoms in total. The predicted molar refractivity (Wildman–Crippen MR) is 58.0 cm³/mol. The van der Waals surface area contributed by atoms with Gasteiger partial charge in [-0.1, -0.05) is 18.2 Å². The van der Waals surface area contributed by atoms with Gasteiger partial charge in [-0.3, -0.25) is 0 Å². The number of carbonyl (C=O) groups is 2. The minimum atomic E-state index is -1.32. The lowest BCUT2D eigenvalue weighted by Crippen LogP contribution is -2.07. The summed E-state index contributed by atoms with van der Waals surface area (Å²) in [5.74, 6) is 0.299. The normalized spacial score (nSPS) is 8.59. The molecule has 0 unspecified atom stereocenters. The molecule has 0 saturated carbocycles. The number of rotatable bonds is 2. The van der Waals surface area contributed by atoms with Gasteiger partial charge in [-0.25, -0.2) is 9.59 Å². The van der Waals surface area contributed by atoms with Gasteiger partial charge >= 0.3 is 12.3 Å². The van der Waals surface area contributed by atoms with Crippen LogP contribution in [-0.2, 0) is 11.3 Å². The topological polar surface area (TPSA) is 119 Å². The minimum Gasteiger partial charge on any atom is -0.450 e. The Morgan fingerprint density at radius 1 is 1.24 bits per heavy atom. The van der Waals surface area contributed by atoms with Gasteiger partial charge in [0.2, 0.25) is 0 Å². The zero-order valence-corrected chi connectivity index (χ0v) is 9.12. The molecule has 1 rings (SSSR count). The fraction of sp³-hybridized carbons (Fsp3) is 0.200. The van der Waals surface area contributed by atoms with Crippen molar-refractivity contribution in [2.45, 2.75) is 6.54 Å². The van der Waals surface area contributed by atoms with E-state index in [1.54, 1.807) is 24.3 Å². The zero-order valence-electron chi connectivity index (χ0n) is 9.12. The fourth-order valence-corrected chi connectivity index (χ4v) is 0.866. The van der Waals surface area contributed by atoms with Gasteiger partial charge in [-0.15, -0.1) is 0 Å². The quantitative estimate of drug-likeness (QED) is 0.532. The number of benzene rings is 1. The van der Waals surface area contributed by atoms with E-state index in [4.69, 9.17) is 20.7 Å². The number of ether oxygens (including phenoxy) is 2. The molecular weight excluding hydrogens is 230 g/mol. The first-order chi connectivity index (χ1) is 8.01. The maximum atomic E-state index is 10.2. The van der Waals surface area contributed by atoms with Crippen molar-refractivity contribution >= 4 is 12.3 Å². The lowest BCUT2D eigenvalue weighted by atomic mass is 10.2. The maximum absolute atomic E-state index is 10.2. The summed E-state index contributed by atoms with van der Waals surface area (Å²) in [7, 11) is 1.10. The van der Waals surface area contributed by atoms with Crippen LogP contribution in [0, 0.1) is 0 Å². The van der Waals surface area contributed by atoms with Gasteiger partial charge in [0.1, 0.15) is 5.75 Å². The van der Waals surface area contributed by atoms with Crippen LogP contribution in [0.25, 0.3) is 0 Å². The van der Waals surface area contributed by atoms with Crippen molar-refractivity contribution in [2.24, 2.45) is 5.73 Å². The number of hydrogen-bond donors (Lipinski definition) is 3. The van der Waals surface area contributed by atoms with Crippen LogP contribution in [0.5, 0.6) is 5.75 Å². The Kier molecular flexibility index (Phi) is 6.88. The third kappa shape index (κ3) is 6.74. The largest absolute Gasteiger partial charge is 0.511 e. The van der Waals surface area contributed by atoms with Crippen molar-refractivity contribution < 1.29 is 29.3 Å². The Bertz CT molecular complexity index is 379. The number of hydrogen-bond acceptors (Lipinski definition) is 5. The number of para-hydroxylation sites is 1. The fourth-order valence-electron chi connectivity index (χ4n) is 0.866. The summed E-state index contributed by atoms with van der Waals surface area (Å²) in [6.45, 7) is 0.267. The molecule has 1 aromatic carbocycles. The number of carboxylic acid groups (broad SMARTS) is 2. The highest BCUT2D eigenvalue weighted by Crippen LogP contribution is 2.16. The molecule has 0 saturated heterocycles. The van der Waals surface area contributed by atoms with Crippen molar-refractivity contribution in [3.8, 4) is 5.75 Å². The minimum absolute atomic E-state index is 0.267. The molecular formula is C10H13NO6. The summed E-state index contributed by atoms with van der Waals surface area (Å²) < 4.78 is 8.14. The second kappa shape index (κ2) is 7.94. The Balaban J connectivity index is 0.000000437. The highest BCUT2D eigenvalue weighted by atomic mass is 16.7. The third-order valence-electron chi connectivity index (χ3n) is 1.56. The monoisotopic (exact) mass is 243 g/mol. The van der Waals surface area contributed by atoms with Crippen LogP contribution >= 0.6 is 0 Å². The van der Waals surface area contributed by atoms with Gasteiger partial charge in [-0.2, -0.15) is 0 Å². The summed E-state index contributed by atoms with van der Waals surface area (Å²) in [6, 6.07) is 6.75. The smallest absolute Gasteiger partial charge is 0.450 e. The lowest BCUT2D eigenvalue weighted by Gasteiger charge is -2.04. The molecule has 0 heterocycles. The molecule has 0 aliphatic heterocycles. The van der Waals surface area contributed by atoms with E-state index in [1.807, 2.05) is 0 Å². The summed E-state index contributed by atoms with van der Waals surface area (Å²) in [6.07, 6.45) is -2.57. The highest BCUT2D eigenvalue weighted by Gasteiger charge is 2.04. The molecule has 1 aromatic rings. The maximum Gasteiger partial charge on any atom is 0.511 e. The molecule has 94 valence electrons. The van der Waals surface area contributed by atoms with E-state index >= 15 is 0 Å². The molecule has 17 heavy (non-hydrogen) atoms. The molecule has 0 atom stereocenters. The Labute approximate surface area is 97.4 Å². The van der Waals surface area contributed by atoms with E-state index < -0.39 is 12.3 Å². The molecule has 0 amide bonds. The Morgan fingerprint density at radius 2 is 1.76 bits per heavy atom. The molecule has 0 bridgehead atoms. The Hall–Kier alpha value is -2.28. The van der Waals surface area contributed by atoms with Crippen LogP contribution in [0.1, 0.15) is 5.56 Å². The van der Waals surface area contributed by atoms with Gasteiger partial charge in [0.15, 0.2) is 0 Å². The van der Waals surface area contributed by atoms with Crippen molar-refractivity contribution in [2.75, 3.05) is 7.11 Å². The molecule has 7 heteroatoms. The Morgan fingerprint density at radius 3 is 2.18 bits per heavy atom. The van der Waals surface area contributed by atoms with E-state index in [1.165, 1.54) is 0 Å². The van der Waals surface area contributed by atoms with Crippen molar-refractivity contribution in [1.29, 1.82) is 0 Å². The van der Waals surface area contributed by atoms with Crippen molar-refractivity contribution in [1.82, 2.24) is 0 Å². The van der Waals surface area contributed by atoms with Crippen LogP contribution < -0.4 is 10.5 Å². The van der Waals surface area contributed by atoms with E-state index in [-0.39, 0.29) is 6.54 Å². The number of methoxy groups -OCH3 is 1. The first-order valence-corrected chi connectivity index (χ1v) is 4.47. The van der Waals surface area contributed by atoms with Crippen LogP contribution in [0.4, 0.5) is 9.59 Å². The molecule has 0 aliphatic carbocycles. The van der Waals surface area contributed by atoms with Crippen LogP contribution in [-0.4, -0.2) is 29.6 Å². The molecule has 4 N–H and O–H groups in total. The second-order valence-electron chi connectivity index (χ2n) is 2.65. The van der Waals surface area contributed by atoms with Gasteiger partial charge < -0.3 is 25.4 Å². The lowest BCUT2D eigenvalue weighted by molar-refractivity contribution is 0.113. The van der Waals surface area contributed by atoms with Gasteiger partial charge in [0.25, 0.3) is 0 Å². The number of nitrogens with two attached hydrogens (primary N) is 1. The van der Waals surface area contributed by atoms with Crippen LogP contribution in [0.15, 0.2) is 24.3 Å². The van der Waals surface area contributed by atoms with E-state index in [9.17, 15) is 4.79 Å². The summed E-state index contributed by atoms with van der Waals surface area (Å²) in [5.41, 5.74) is 6.03. The first kappa shape index (κ1) is 14.7. The zero-order chi connectivity index (χ0) is 13.3. The SMILES string of the molecule is COC(=O)O.NCc1ccccc1OC(=O)O. The summed E-state index contributed by atoms with van der Waals surface area (Å²) in [5, 5.41) is 15.8. The third-order valence-corrected chi connectivity index (χ3v) is 1.56. The van der Waals surface area contributed by atoms with Gasteiger partial charge in [0, 0.05) is 12.1 Å². The van der Waals surface area contributed by atoms with Gasteiger partial charge in [0.05, 0.1) is 7.11 Å². The molecule has 0 spiro atoms. The molecule has 0 aliphatic rings. The van der Waals surface area contributed by atoms with E-state index in [2.05, 4.69) is 9.47 Å². The standard InChI is InChI=1S/C8H9NO3.C2H4O3/c9-5-6-3-1-2-4-7(6)12-8(10)11;1-5-2(3)4/h1-4H,5,9H2,(H,10,11);1H3,(H,3,4). The molecule has 0 aromatic heterocycles.